The second-order valence-corrected chi connectivity index (χ2v) is 3.83. The fourth-order valence-electron chi connectivity index (χ4n) is 1.65. The summed E-state index contributed by atoms with van der Waals surface area (Å²) >= 11 is 0. The number of aromatic nitrogens is 1. The van der Waals surface area contributed by atoms with Crippen LogP contribution in [0.15, 0.2) is 28.8 Å². The predicted molar refractivity (Wildman–Crippen MR) is 68.5 cm³/mol. The number of para-hydroxylation sites is 1. The predicted octanol–water partition coefficient (Wildman–Crippen LogP) is 1.87. The van der Waals surface area contributed by atoms with Crippen molar-refractivity contribution in [3.05, 3.63) is 41.3 Å². The first-order valence-corrected chi connectivity index (χ1v) is 5.65. The Bertz CT molecular complexity index is 672. The summed E-state index contributed by atoms with van der Waals surface area (Å²) in [7, 11) is 1.50. The van der Waals surface area contributed by atoms with Crippen LogP contribution in [0.1, 0.15) is 21.8 Å². The molecule has 0 saturated heterocycles. The van der Waals surface area contributed by atoms with Gasteiger partial charge in [-0.1, -0.05) is 11.2 Å². The van der Waals surface area contributed by atoms with Crippen molar-refractivity contribution in [2.75, 3.05) is 12.4 Å². The molecule has 0 aliphatic heterocycles. The Morgan fingerprint density at radius 2 is 2.40 bits per heavy atom. The van der Waals surface area contributed by atoms with Crippen molar-refractivity contribution in [3.63, 3.8) is 0 Å². The molecule has 7 nitrogen and oxygen atoms in total. The van der Waals surface area contributed by atoms with Crippen LogP contribution in [0.3, 0.4) is 0 Å². The standard InChI is InChI=1S/C13H11N3O4/c1-19-11-4-2-3-8(6-14)12(11)15-7-9-5-10(13(17)18)16-20-9/h2-5,15H,7H2,1H3,(H,17,18). The minimum absolute atomic E-state index is 0.165. The van der Waals surface area contributed by atoms with Gasteiger partial charge in [-0.05, 0) is 12.1 Å². The summed E-state index contributed by atoms with van der Waals surface area (Å²) in [5.41, 5.74) is 0.774. The van der Waals surface area contributed by atoms with Crippen LogP contribution in [-0.2, 0) is 6.54 Å². The number of hydrogen-bond acceptors (Lipinski definition) is 6. The second-order valence-electron chi connectivity index (χ2n) is 3.83. The number of aromatic carboxylic acids is 1. The lowest BCUT2D eigenvalue weighted by Gasteiger charge is -2.11. The largest absolute Gasteiger partial charge is 0.495 e. The molecule has 20 heavy (non-hydrogen) atoms. The zero-order valence-corrected chi connectivity index (χ0v) is 10.6. The van der Waals surface area contributed by atoms with E-state index in [4.69, 9.17) is 19.6 Å². The first kappa shape index (κ1) is 13.4. The molecule has 0 radical (unpaired) electrons. The van der Waals surface area contributed by atoms with Crippen LogP contribution in [0.5, 0.6) is 5.75 Å². The lowest BCUT2D eigenvalue weighted by atomic mass is 10.1. The van der Waals surface area contributed by atoms with Crippen molar-refractivity contribution in [2.24, 2.45) is 0 Å². The van der Waals surface area contributed by atoms with Gasteiger partial charge in [0, 0.05) is 6.07 Å². The fourth-order valence-corrected chi connectivity index (χ4v) is 1.65. The topological polar surface area (TPSA) is 108 Å². The molecular formula is C13H11N3O4. The molecule has 0 aliphatic carbocycles. The number of ether oxygens (including phenoxy) is 1. The highest BCUT2D eigenvalue weighted by Gasteiger charge is 2.12. The van der Waals surface area contributed by atoms with Crippen LogP contribution in [0, 0.1) is 11.3 Å². The maximum absolute atomic E-state index is 10.7. The van der Waals surface area contributed by atoms with E-state index >= 15 is 0 Å². The van der Waals surface area contributed by atoms with E-state index in [1.165, 1.54) is 13.2 Å². The minimum atomic E-state index is -1.16. The highest BCUT2D eigenvalue weighted by Crippen LogP contribution is 2.28. The molecule has 2 rings (SSSR count). The summed E-state index contributed by atoms with van der Waals surface area (Å²) in [6.45, 7) is 0.190. The second kappa shape index (κ2) is 5.75. The molecule has 0 amide bonds. The normalized spacial score (nSPS) is 9.80. The van der Waals surface area contributed by atoms with E-state index in [9.17, 15) is 4.79 Å². The Labute approximate surface area is 114 Å². The summed E-state index contributed by atoms with van der Waals surface area (Å²) < 4.78 is 10.0. The summed E-state index contributed by atoms with van der Waals surface area (Å²) in [6, 6.07) is 8.43. The average molecular weight is 273 g/mol. The fraction of sp³-hybridized carbons (Fsp3) is 0.154. The van der Waals surface area contributed by atoms with Crippen LogP contribution >= 0.6 is 0 Å². The van der Waals surface area contributed by atoms with Gasteiger partial charge in [0.05, 0.1) is 24.9 Å². The monoisotopic (exact) mass is 273 g/mol. The van der Waals surface area contributed by atoms with E-state index in [1.807, 2.05) is 6.07 Å². The first-order valence-electron chi connectivity index (χ1n) is 5.65. The third-order valence-corrected chi connectivity index (χ3v) is 2.58. The third-order valence-electron chi connectivity index (χ3n) is 2.58. The molecule has 7 heteroatoms. The SMILES string of the molecule is COc1cccc(C#N)c1NCc1cc(C(=O)O)no1. The molecule has 2 N–H and O–H groups in total. The lowest BCUT2D eigenvalue weighted by Crippen LogP contribution is -2.03. The Morgan fingerprint density at radius 1 is 1.60 bits per heavy atom. The molecule has 0 unspecified atom stereocenters. The molecule has 1 heterocycles. The molecule has 102 valence electrons. The number of carboxylic acids is 1. The van der Waals surface area contributed by atoms with Crippen molar-refractivity contribution in [1.29, 1.82) is 5.26 Å². The van der Waals surface area contributed by atoms with Gasteiger partial charge in [-0.2, -0.15) is 5.26 Å². The molecule has 0 spiro atoms. The van der Waals surface area contributed by atoms with Crippen molar-refractivity contribution < 1.29 is 19.2 Å². The number of carboxylic acid groups (broad SMARTS) is 1. The Morgan fingerprint density at radius 3 is 3.00 bits per heavy atom. The van der Waals surface area contributed by atoms with Crippen LogP contribution in [0.25, 0.3) is 0 Å². The van der Waals surface area contributed by atoms with E-state index in [-0.39, 0.29) is 12.2 Å². The Balaban J connectivity index is 2.18. The maximum atomic E-state index is 10.7. The lowest BCUT2D eigenvalue weighted by molar-refractivity contribution is 0.0685. The van der Waals surface area contributed by atoms with Gasteiger partial charge in [0.1, 0.15) is 11.8 Å². The number of carbonyl (C=O) groups is 1. The van der Waals surface area contributed by atoms with Crippen molar-refractivity contribution >= 4 is 11.7 Å². The van der Waals surface area contributed by atoms with E-state index < -0.39 is 5.97 Å². The van der Waals surface area contributed by atoms with Crippen molar-refractivity contribution in [1.82, 2.24) is 5.16 Å². The maximum Gasteiger partial charge on any atom is 0.358 e. The van der Waals surface area contributed by atoms with E-state index in [0.29, 0.717) is 22.8 Å². The third kappa shape index (κ3) is 2.70. The van der Waals surface area contributed by atoms with Crippen LogP contribution < -0.4 is 10.1 Å². The molecule has 0 aliphatic rings. The van der Waals surface area contributed by atoms with Crippen molar-refractivity contribution in [3.8, 4) is 11.8 Å². The molecule has 1 aromatic carbocycles. The van der Waals surface area contributed by atoms with Gasteiger partial charge in [-0.25, -0.2) is 4.79 Å². The van der Waals surface area contributed by atoms with Gasteiger partial charge in [-0.15, -0.1) is 0 Å². The molecule has 0 atom stereocenters. The number of anilines is 1. The minimum Gasteiger partial charge on any atom is -0.495 e. The molecule has 2 aromatic rings. The van der Waals surface area contributed by atoms with E-state index in [2.05, 4.69) is 10.5 Å². The van der Waals surface area contributed by atoms with Gasteiger partial charge < -0.3 is 19.7 Å². The molecule has 0 saturated carbocycles. The Hall–Kier alpha value is -3.01. The smallest absolute Gasteiger partial charge is 0.358 e. The van der Waals surface area contributed by atoms with E-state index in [0.717, 1.165) is 0 Å². The molecular weight excluding hydrogens is 262 g/mol. The molecule has 0 fully saturated rings. The van der Waals surface area contributed by atoms with Gasteiger partial charge in [-0.3, -0.25) is 0 Å². The number of nitrogens with one attached hydrogen (secondary N) is 1. The summed E-state index contributed by atoms with van der Waals surface area (Å²) in [5, 5.41) is 24.2. The zero-order valence-electron chi connectivity index (χ0n) is 10.6. The number of methoxy groups -OCH3 is 1. The quantitative estimate of drug-likeness (QED) is 0.855. The van der Waals surface area contributed by atoms with Gasteiger partial charge in [0.2, 0.25) is 0 Å². The molecule has 1 aromatic heterocycles. The average Bonchev–Trinajstić information content (AvgIpc) is 2.93. The number of benzene rings is 1. The summed E-state index contributed by atoms with van der Waals surface area (Å²) in [4.78, 5) is 10.7. The number of nitrogens with zero attached hydrogens (tertiary/aromatic N) is 2. The molecule has 0 bridgehead atoms. The zero-order chi connectivity index (χ0) is 14.5. The highest BCUT2D eigenvalue weighted by molar-refractivity contribution is 5.85. The summed E-state index contributed by atoms with van der Waals surface area (Å²) in [6.07, 6.45) is 0. The van der Waals surface area contributed by atoms with Gasteiger partial charge >= 0.3 is 5.97 Å². The highest BCUT2D eigenvalue weighted by atomic mass is 16.5. The number of nitriles is 1. The van der Waals surface area contributed by atoms with Crippen LogP contribution in [0.4, 0.5) is 5.69 Å². The number of rotatable bonds is 5. The van der Waals surface area contributed by atoms with Gasteiger partial charge in [0.15, 0.2) is 11.5 Å². The van der Waals surface area contributed by atoms with E-state index in [1.54, 1.807) is 18.2 Å². The number of hydrogen-bond donors (Lipinski definition) is 2. The van der Waals surface area contributed by atoms with Crippen LogP contribution in [0.2, 0.25) is 0 Å². The van der Waals surface area contributed by atoms with Gasteiger partial charge in [0.25, 0.3) is 0 Å². The summed E-state index contributed by atoms with van der Waals surface area (Å²) in [5.74, 6) is -0.297. The Kier molecular flexibility index (Phi) is 3.86. The van der Waals surface area contributed by atoms with Crippen molar-refractivity contribution in [2.45, 2.75) is 6.54 Å². The first-order chi connectivity index (χ1) is 9.65. The van der Waals surface area contributed by atoms with Crippen LogP contribution in [-0.4, -0.2) is 23.3 Å².